The molecule has 0 aromatic heterocycles. The van der Waals surface area contributed by atoms with Crippen molar-refractivity contribution in [2.75, 3.05) is 12.4 Å². The topological polar surface area (TPSA) is 91.2 Å². The Kier molecular flexibility index (Phi) is 6.52. The Morgan fingerprint density at radius 2 is 1.77 bits per heavy atom. The Balaban J connectivity index is 2.00. The SMILES string of the molecule is COC(=O)/C(C#N)=C\Nc1ccc(C(=O)NC(C)c2ccccc2)cc1. The van der Waals surface area contributed by atoms with Crippen LogP contribution in [-0.4, -0.2) is 19.0 Å². The van der Waals surface area contributed by atoms with Gasteiger partial charge in [-0.05, 0) is 36.8 Å². The zero-order valence-corrected chi connectivity index (χ0v) is 14.5. The van der Waals surface area contributed by atoms with Crippen molar-refractivity contribution in [3.8, 4) is 6.07 Å². The third-order valence-electron chi connectivity index (χ3n) is 3.70. The Bertz CT molecular complexity index is 837. The molecular weight excluding hydrogens is 330 g/mol. The normalized spacial score (nSPS) is 11.8. The molecule has 2 rings (SSSR count). The van der Waals surface area contributed by atoms with E-state index in [0.29, 0.717) is 11.3 Å². The lowest BCUT2D eigenvalue weighted by Crippen LogP contribution is -2.26. The minimum Gasteiger partial charge on any atom is -0.465 e. The first kappa shape index (κ1) is 18.7. The molecule has 0 fully saturated rings. The average Bonchev–Trinajstić information content (AvgIpc) is 2.69. The number of carbonyl (C=O) groups is 2. The van der Waals surface area contributed by atoms with Gasteiger partial charge in [0, 0.05) is 17.5 Å². The van der Waals surface area contributed by atoms with Gasteiger partial charge in [-0.3, -0.25) is 4.79 Å². The number of hydrogen-bond donors (Lipinski definition) is 2. The molecular formula is C20H19N3O3. The van der Waals surface area contributed by atoms with Crippen molar-refractivity contribution < 1.29 is 14.3 Å². The third kappa shape index (κ3) is 4.95. The van der Waals surface area contributed by atoms with Crippen molar-refractivity contribution in [1.29, 1.82) is 5.26 Å². The summed E-state index contributed by atoms with van der Waals surface area (Å²) in [6.45, 7) is 1.92. The van der Waals surface area contributed by atoms with Crippen LogP contribution in [0, 0.1) is 11.3 Å². The molecule has 0 spiro atoms. The number of nitrogens with zero attached hydrogens (tertiary/aromatic N) is 1. The average molecular weight is 349 g/mol. The van der Waals surface area contributed by atoms with Gasteiger partial charge in [0.1, 0.15) is 6.07 Å². The molecule has 2 aromatic carbocycles. The molecule has 0 saturated heterocycles. The van der Waals surface area contributed by atoms with E-state index in [2.05, 4.69) is 15.4 Å². The molecule has 6 nitrogen and oxygen atoms in total. The molecule has 0 saturated carbocycles. The fourth-order valence-electron chi connectivity index (χ4n) is 2.23. The maximum absolute atomic E-state index is 12.3. The number of esters is 1. The predicted octanol–water partition coefficient (Wildman–Crippen LogP) is 3.17. The molecule has 26 heavy (non-hydrogen) atoms. The fraction of sp³-hybridized carbons (Fsp3) is 0.150. The lowest BCUT2D eigenvalue weighted by atomic mass is 10.1. The van der Waals surface area contributed by atoms with Crippen LogP contribution in [0.1, 0.15) is 28.9 Å². The molecule has 1 amide bonds. The highest BCUT2D eigenvalue weighted by Crippen LogP contribution is 2.14. The van der Waals surface area contributed by atoms with Crippen LogP contribution in [0.3, 0.4) is 0 Å². The summed E-state index contributed by atoms with van der Waals surface area (Å²) in [6, 6.07) is 18.0. The van der Waals surface area contributed by atoms with Crippen molar-refractivity contribution in [3.63, 3.8) is 0 Å². The van der Waals surface area contributed by atoms with Crippen LogP contribution in [0.2, 0.25) is 0 Å². The van der Waals surface area contributed by atoms with Gasteiger partial charge >= 0.3 is 5.97 Å². The number of carbonyl (C=O) groups excluding carboxylic acids is 2. The lowest BCUT2D eigenvalue weighted by molar-refractivity contribution is -0.135. The quantitative estimate of drug-likeness (QED) is 0.475. The summed E-state index contributed by atoms with van der Waals surface area (Å²) in [5, 5.41) is 14.7. The minimum absolute atomic E-state index is 0.109. The van der Waals surface area contributed by atoms with E-state index >= 15 is 0 Å². The summed E-state index contributed by atoms with van der Waals surface area (Å²) in [7, 11) is 1.21. The number of nitriles is 1. The zero-order chi connectivity index (χ0) is 18.9. The van der Waals surface area contributed by atoms with E-state index in [1.54, 1.807) is 30.3 Å². The van der Waals surface area contributed by atoms with Gasteiger partial charge in [0.2, 0.25) is 0 Å². The summed E-state index contributed by atoms with van der Waals surface area (Å²) < 4.78 is 4.49. The first-order chi connectivity index (χ1) is 12.5. The first-order valence-corrected chi connectivity index (χ1v) is 7.96. The molecule has 0 heterocycles. The van der Waals surface area contributed by atoms with E-state index in [4.69, 9.17) is 5.26 Å². The summed E-state index contributed by atoms with van der Waals surface area (Å²) in [6.07, 6.45) is 1.26. The van der Waals surface area contributed by atoms with Crippen LogP contribution >= 0.6 is 0 Å². The summed E-state index contributed by atoms with van der Waals surface area (Å²) >= 11 is 0. The second-order valence-electron chi connectivity index (χ2n) is 5.49. The monoisotopic (exact) mass is 349 g/mol. The number of hydrogen-bond acceptors (Lipinski definition) is 5. The Hall–Kier alpha value is -3.59. The van der Waals surface area contributed by atoms with E-state index in [-0.39, 0.29) is 17.5 Å². The number of methoxy groups -OCH3 is 1. The number of rotatable bonds is 6. The van der Waals surface area contributed by atoms with Crippen LogP contribution in [0.25, 0.3) is 0 Å². The Labute approximate surface area is 152 Å². The lowest BCUT2D eigenvalue weighted by Gasteiger charge is -2.14. The number of anilines is 1. The molecule has 0 bridgehead atoms. The van der Waals surface area contributed by atoms with Crippen LogP contribution in [0.15, 0.2) is 66.4 Å². The van der Waals surface area contributed by atoms with E-state index in [1.807, 2.05) is 37.3 Å². The van der Waals surface area contributed by atoms with E-state index in [9.17, 15) is 9.59 Å². The van der Waals surface area contributed by atoms with Crippen molar-refractivity contribution in [1.82, 2.24) is 5.32 Å². The van der Waals surface area contributed by atoms with Gasteiger partial charge in [-0.1, -0.05) is 30.3 Å². The van der Waals surface area contributed by atoms with E-state index in [0.717, 1.165) is 5.56 Å². The molecule has 0 aliphatic carbocycles. The van der Waals surface area contributed by atoms with Gasteiger partial charge in [-0.2, -0.15) is 5.26 Å². The number of nitrogens with one attached hydrogen (secondary N) is 2. The van der Waals surface area contributed by atoms with Crippen molar-refractivity contribution in [2.45, 2.75) is 13.0 Å². The first-order valence-electron chi connectivity index (χ1n) is 7.96. The van der Waals surface area contributed by atoms with Gasteiger partial charge in [-0.15, -0.1) is 0 Å². The largest absolute Gasteiger partial charge is 0.465 e. The maximum Gasteiger partial charge on any atom is 0.350 e. The van der Waals surface area contributed by atoms with Crippen LogP contribution in [0.5, 0.6) is 0 Å². The fourth-order valence-corrected chi connectivity index (χ4v) is 2.23. The maximum atomic E-state index is 12.3. The van der Waals surface area contributed by atoms with E-state index in [1.165, 1.54) is 13.3 Å². The number of benzene rings is 2. The zero-order valence-electron chi connectivity index (χ0n) is 14.5. The summed E-state index contributed by atoms with van der Waals surface area (Å²) in [5.74, 6) is -0.901. The molecule has 0 aliphatic rings. The molecule has 2 aromatic rings. The summed E-state index contributed by atoms with van der Waals surface area (Å²) in [5.41, 5.74) is 2.02. The highest BCUT2D eigenvalue weighted by Gasteiger charge is 2.11. The second kappa shape index (κ2) is 9.04. The Morgan fingerprint density at radius 3 is 2.35 bits per heavy atom. The number of amides is 1. The van der Waals surface area contributed by atoms with Gasteiger partial charge in [0.15, 0.2) is 5.57 Å². The van der Waals surface area contributed by atoms with Crippen LogP contribution < -0.4 is 10.6 Å². The second-order valence-corrected chi connectivity index (χ2v) is 5.49. The molecule has 2 N–H and O–H groups in total. The molecule has 132 valence electrons. The Morgan fingerprint density at radius 1 is 1.12 bits per heavy atom. The highest BCUT2D eigenvalue weighted by atomic mass is 16.5. The standard InChI is InChI=1S/C20H19N3O3/c1-14(15-6-4-3-5-7-15)23-19(24)16-8-10-18(11-9-16)22-13-17(12-21)20(25)26-2/h3-11,13-14,22H,1-2H3,(H,23,24)/b17-13-. The smallest absolute Gasteiger partial charge is 0.350 e. The van der Waals surface area contributed by atoms with Gasteiger partial charge < -0.3 is 15.4 Å². The van der Waals surface area contributed by atoms with E-state index < -0.39 is 5.97 Å². The molecule has 0 radical (unpaired) electrons. The summed E-state index contributed by atoms with van der Waals surface area (Å²) in [4.78, 5) is 23.7. The van der Waals surface area contributed by atoms with Crippen molar-refractivity contribution in [2.24, 2.45) is 0 Å². The predicted molar refractivity (Wildman–Crippen MR) is 98.1 cm³/mol. The van der Waals surface area contributed by atoms with Crippen molar-refractivity contribution >= 4 is 17.6 Å². The third-order valence-corrected chi connectivity index (χ3v) is 3.70. The van der Waals surface area contributed by atoms with Crippen LogP contribution in [0.4, 0.5) is 5.69 Å². The molecule has 1 unspecified atom stereocenters. The van der Waals surface area contributed by atoms with Gasteiger partial charge in [0.25, 0.3) is 5.91 Å². The van der Waals surface area contributed by atoms with Crippen LogP contribution in [-0.2, 0) is 9.53 Å². The van der Waals surface area contributed by atoms with Gasteiger partial charge in [-0.25, -0.2) is 4.79 Å². The molecule has 0 aliphatic heterocycles. The molecule has 1 atom stereocenters. The van der Waals surface area contributed by atoms with Gasteiger partial charge in [0.05, 0.1) is 13.2 Å². The van der Waals surface area contributed by atoms with Crippen molar-refractivity contribution in [3.05, 3.63) is 77.5 Å². The number of ether oxygens (including phenoxy) is 1. The molecule has 6 heteroatoms. The highest BCUT2D eigenvalue weighted by molar-refractivity contribution is 5.95. The minimum atomic E-state index is -0.717.